The summed E-state index contributed by atoms with van der Waals surface area (Å²) in [5, 5.41) is 2.71. The molecule has 120 valence electrons. The van der Waals surface area contributed by atoms with Crippen molar-refractivity contribution in [1.82, 2.24) is 29.8 Å². The average molecular weight is 322 g/mol. The molecular weight excluding hydrogens is 308 g/mol. The molecule has 1 N–H and O–H groups in total. The molecule has 24 heavy (non-hydrogen) atoms. The first-order valence-corrected chi connectivity index (χ1v) is 7.18. The molecule has 0 aliphatic rings. The molecule has 1 amide bonds. The SMILES string of the molecule is Cn1c(CNC(=O)c2ccccn2)nc(-c2ccncn2)cc1=O. The smallest absolute Gasteiger partial charge is 0.270 e. The maximum absolute atomic E-state index is 12.1. The summed E-state index contributed by atoms with van der Waals surface area (Å²) in [5.74, 6) is 0.0812. The van der Waals surface area contributed by atoms with E-state index in [1.165, 1.54) is 17.0 Å². The second-order valence-corrected chi connectivity index (χ2v) is 4.95. The lowest BCUT2D eigenvalue weighted by Gasteiger charge is -2.10. The van der Waals surface area contributed by atoms with Gasteiger partial charge in [-0.3, -0.25) is 19.1 Å². The molecule has 0 radical (unpaired) electrons. The van der Waals surface area contributed by atoms with Crippen molar-refractivity contribution in [2.75, 3.05) is 0 Å². The number of pyridine rings is 1. The van der Waals surface area contributed by atoms with Crippen molar-refractivity contribution < 1.29 is 4.79 Å². The van der Waals surface area contributed by atoms with Crippen molar-refractivity contribution in [1.29, 1.82) is 0 Å². The third-order valence-corrected chi connectivity index (χ3v) is 3.38. The van der Waals surface area contributed by atoms with Crippen molar-refractivity contribution in [3.05, 3.63) is 70.9 Å². The van der Waals surface area contributed by atoms with Gasteiger partial charge in [-0.2, -0.15) is 0 Å². The number of carbonyl (C=O) groups is 1. The van der Waals surface area contributed by atoms with Gasteiger partial charge in [0.1, 0.15) is 17.8 Å². The lowest BCUT2D eigenvalue weighted by Crippen LogP contribution is -2.29. The number of hydrogen-bond donors (Lipinski definition) is 1. The number of aromatic nitrogens is 5. The van der Waals surface area contributed by atoms with Gasteiger partial charge in [-0.05, 0) is 18.2 Å². The molecule has 3 heterocycles. The molecule has 3 aromatic rings. The third-order valence-electron chi connectivity index (χ3n) is 3.38. The first-order chi connectivity index (χ1) is 11.6. The molecule has 8 nitrogen and oxygen atoms in total. The number of rotatable bonds is 4. The van der Waals surface area contributed by atoms with E-state index in [1.54, 1.807) is 43.7 Å². The highest BCUT2D eigenvalue weighted by Crippen LogP contribution is 2.10. The fraction of sp³-hybridized carbons (Fsp3) is 0.125. The summed E-state index contributed by atoms with van der Waals surface area (Å²) < 4.78 is 1.38. The van der Waals surface area contributed by atoms with Crippen molar-refractivity contribution >= 4 is 5.91 Å². The predicted molar refractivity (Wildman–Crippen MR) is 85.9 cm³/mol. The van der Waals surface area contributed by atoms with Crippen LogP contribution in [0.1, 0.15) is 16.3 Å². The quantitative estimate of drug-likeness (QED) is 0.753. The van der Waals surface area contributed by atoms with E-state index in [4.69, 9.17) is 0 Å². The number of carbonyl (C=O) groups excluding carboxylic acids is 1. The molecule has 0 saturated heterocycles. The third kappa shape index (κ3) is 3.32. The number of nitrogens with one attached hydrogen (secondary N) is 1. The highest BCUT2D eigenvalue weighted by molar-refractivity contribution is 5.92. The van der Waals surface area contributed by atoms with Crippen LogP contribution in [0.5, 0.6) is 0 Å². The zero-order valence-corrected chi connectivity index (χ0v) is 12.9. The molecule has 0 bridgehead atoms. The Morgan fingerprint density at radius 3 is 2.75 bits per heavy atom. The van der Waals surface area contributed by atoms with E-state index in [-0.39, 0.29) is 18.0 Å². The van der Waals surface area contributed by atoms with Crippen molar-refractivity contribution in [2.45, 2.75) is 6.54 Å². The van der Waals surface area contributed by atoms with Gasteiger partial charge in [0.2, 0.25) is 0 Å². The molecule has 8 heteroatoms. The average Bonchev–Trinajstić information content (AvgIpc) is 2.64. The zero-order chi connectivity index (χ0) is 16.9. The maximum Gasteiger partial charge on any atom is 0.270 e. The van der Waals surface area contributed by atoms with Gasteiger partial charge >= 0.3 is 0 Å². The summed E-state index contributed by atoms with van der Waals surface area (Å²) in [6.45, 7) is 0.0973. The predicted octanol–water partition coefficient (Wildman–Crippen LogP) is 0.562. The second kappa shape index (κ2) is 6.78. The molecule has 0 spiro atoms. The van der Waals surface area contributed by atoms with E-state index in [0.29, 0.717) is 22.9 Å². The summed E-state index contributed by atoms with van der Waals surface area (Å²) in [6.07, 6.45) is 4.50. The Labute approximate surface area is 137 Å². The highest BCUT2D eigenvalue weighted by Gasteiger charge is 2.11. The fourth-order valence-corrected chi connectivity index (χ4v) is 2.07. The normalized spacial score (nSPS) is 10.4. The van der Waals surface area contributed by atoms with Crippen LogP contribution in [0.2, 0.25) is 0 Å². The molecular formula is C16H14N6O2. The van der Waals surface area contributed by atoms with Crippen LogP contribution in [0.25, 0.3) is 11.4 Å². The minimum Gasteiger partial charge on any atom is -0.343 e. The van der Waals surface area contributed by atoms with Gasteiger partial charge in [-0.1, -0.05) is 6.07 Å². The molecule has 3 aromatic heterocycles. The van der Waals surface area contributed by atoms with Crippen molar-refractivity contribution in [3.63, 3.8) is 0 Å². The Balaban J connectivity index is 1.84. The van der Waals surface area contributed by atoms with Crippen LogP contribution in [0.4, 0.5) is 0 Å². The van der Waals surface area contributed by atoms with Gasteiger partial charge in [0, 0.05) is 25.5 Å². The minimum atomic E-state index is -0.336. The van der Waals surface area contributed by atoms with Crippen LogP contribution in [0, 0.1) is 0 Å². The van der Waals surface area contributed by atoms with E-state index >= 15 is 0 Å². The maximum atomic E-state index is 12.1. The van der Waals surface area contributed by atoms with Gasteiger partial charge in [0.15, 0.2) is 0 Å². The Hall–Kier alpha value is -3.42. The monoisotopic (exact) mass is 322 g/mol. The van der Waals surface area contributed by atoms with Gasteiger partial charge in [-0.25, -0.2) is 15.0 Å². The summed E-state index contributed by atoms with van der Waals surface area (Å²) in [7, 11) is 1.60. The summed E-state index contributed by atoms with van der Waals surface area (Å²) >= 11 is 0. The van der Waals surface area contributed by atoms with Gasteiger partial charge in [0.05, 0.1) is 17.9 Å². The van der Waals surface area contributed by atoms with Crippen LogP contribution >= 0.6 is 0 Å². The lowest BCUT2D eigenvalue weighted by molar-refractivity contribution is 0.0944. The van der Waals surface area contributed by atoms with Gasteiger partial charge in [0.25, 0.3) is 11.5 Å². The van der Waals surface area contributed by atoms with E-state index in [0.717, 1.165) is 0 Å². The first kappa shape index (κ1) is 15.5. The second-order valence-electron chi connectivity index (χ2n) is 4.95. The van der Waals surface area contributed by atoms with E-state index in [1.807, 2.05) is 0 Å². The molecule has 0 saturated carbocycles. The summed E-state index contributed by atoms with van der Waals surface area (Å²) in [4.78, 5) is 40.5. The van der Waals surface area contributed by atoms with Crippen LogP contribution in [0.15, 0.2) is 53.8 Å². The largest absolute Gasteiger partial charge is 0.343 e. The highest BCUT2D eigenvalue weighted by atomic mass is 16.2. The van der Waals surface area contributed by atoms with Gasteiger partial charge in [-0.15, -0.1) is 0 Å². The van der Waals surface area contributed by atoms with Crippen molar-refractivity contribution in [2.24, 2.45) is 7.05 Å². The molecule has 0 aromatic carbocycles. The number of amides is 1. The summed E-state index contributed by atoms with van der Waals surface area (Å²) in [6, 6.07) is 8.13. The van der Waals surface area contributed by atoms with Crippen LogP contribution in [-0.4, -0.2) is 30.4 Å². The molecule has 0 atom stereocenters. The first-order valence-electron chi connectivity index (χ1n) is 7.18. The number of nitrogens with zero attached hydrogens (tertiary/aromatic N) is 5. The van der Waals surface area contributed by atoms with Crippen molar-refractivity contribution in [3.8, 4) is 11.4 Å². The lowest BCUT2D eigenvalue weighted by atomic mass is 10.3. The molecule has 0 aliphatic heterocycles. The standard InChI is InChI=1S/C16H14N6O2/c1-22-14(9-19-16(24)12-4-2-3-6-18-12)21-13(8-15(22)23)11-5-7-17-10-20-11/h2-8,10H,9H2,1H3,(H,19,24). The fourth-order valence-electron chi connectivity index (χ4n) is 2.07. The van der Waals surface area contributed by atoms with E-state index in [2.05, 4.69) is 25.3 Å². The van der Waals surface area contributed by atoms with E-state index < -0.39 is 0 Å². The number of hydrogen-bond acceptors (Lipinski definition) is 6. The van der Waals surface area contributed by atoms with Crippen LogP contribution < -0.4 is 10.9 Å². The molecule has 0 fully saturated rings. The summed E-state index contributed by atoms with van der Waals surface area (Å²) in [5.41, 5.74) is 1.04. The Morgan fingerprint density at radius 1 is 1.17 bits per heavy atom. The molecule has 3 rings (SSSR count). The molecule has 0 aliphatic carbocycles. The van der Waals surface area contributed by atoms with Crippen LogP contribution in [0.3, 0.4) is 0 Å². The zero-order valence-electron chi connectivity index (χ0n) is 12.9. The minimum absolute atomic E-state index is 0.0973. The van der Waals surface area contributed by atoms with Gasteiger partial charge < -0.3 is 5.32 Å². The Bertz CT molecular complexity index is 909. The van der Waals surface area contributed by atoms with Crippen LogP contribution in [-0.2, 0) is 13.6 Å². The Kier molecular flexibility index (Phi) is 4.37. The van der Waals surface area contributed by atoms with E-state index in [9.17, 15) is 9.59 Å². The topological polar surface area (TPSA) is 103 Å². The molecule has 0 unspecified atom stereocenters. The Morgan fingerprint density at radius 2 is 2.04 bits per heavy atom.